The predicted molar refractivity (Wildman–Crippen MR) is 83.2 cm³/mol. The quantitative estimate of drug-likeness (QED) is 0.653. The normalized spacial score (nSPS) is 10.9. The number of rotatable bonds is 6. The van der Waals surface area contributed by atoms with Crippen molar-refractivity contribution in [1.82, 2.24) is 9.97 Å². The maximum atomic E-state index is 11.5. The molecule has 1 aromatic carbocycles. The summed E-state index contributed by atoms with van der Waals surface area (Å²) >= 11 is 0. The first-order valence-electron chi connectivity index (χ1n) is 7.21. The second kappa shape index (κ2) is 7.02. The molecule has 5 heteroatoms. The molecule has 0 spiro atoms. The number of hydrogen-bond acceptors (Lipinski definition) is 5. The first-order valence-corrected chi connectivity index (χ1v) is 7.21. The van der Waals surface area contributed by atoms with Crippen LogP contribution in [0.2, 0.25) is 0 Å². The molecule has 0 unspecified atom stereocenters. The molecule has 0 atom stereocenters. The zero-order chi connectivity index (χ0) is 15.2. The summed E-state index contributed by atoms with van der Waals surface area (Å²) in [6, 6.07) is 5.99. The Kier molecular flexibility index (Phi) is 5.09. The molecule has 112 valence electrons. The van der Waals surface area contributed by atoms with E-state index in [0.717, 1.165) is 22.3 Å². The van der Waals surface area contributed by atoms with Gasteiger partial charge in [0.25, 0.3) is 0 Å². The van der Waals surface area contributed by atoms with Crippen LogP contribution >= 0.6 is 0 Å². The van der Waals surface area contributed by atoms with Gasteiger partial charge in [-0.15, -0.1) is 0 Å². The van der Waals surface area contributed by atoms with E-state index >= 15 is 0 Å². The van der Waals surface area contributed by atoms with E-state index in [0.29, 0.717) is 19.4 Å². The van der Waals surface area contributed by atoms with Crippen molar-refractivity contribution in [1.29, 1.82) is 0 Å². The zero-order valence-electron chi connectivity index (χ0n) is 12.7. The minimum absolute atomic E-state index is 0.0566. The minimum Gasteiger partial charge on any atom is -0.463 e. The Bertz CT molecular complexity index is 621. The number of nitrogens with one attached hydrogen (secondary N) is 1. The summed E-state index contributed by atoms with van der Waals surface area (Å²) in [5.41, 5.74) is 2.06. The van der Waals surface area contributed by atoms with Crippen LogP contribution < -0.4 is 5.32 Å². The molecule has 0 radical (unpaired) electrons. The number of hydrogen-bond donors (Lipinski definition) is 1. The SMILES string of the molecule is Cc1cccc2ncnc(NCCCC(=O)OC(C)C)c12. The molecule has 0 aliphatic heterocycles. The molecule has 2 aromatic rings. The van der Waals surface area contributed by atoms with Gasteiger partial charge in [-0.05, 0) is 38.8 Å². The van der Waals surface area contributed by atoms with Gasteiger partial charge in [0.05, 0.1) is 11.6 Å². The largest absolute Gasteiger partial charge is 0.463 e. The molecule has 0 fully saturated rings. The average Bonchev–Trinajstić information content (AvgIpc) is 2.43. The number of esters is 1. The standard InChI is InChI=1S/C16H21N3O2/c1-11(2)21-14(20)8-5-9-17-16-15-12(3)6-4-7-13(15)18-10-19-16/h4,6-7,10-11H,5,8-9H2,1-3H3,(H,17,18,19). The molecule has 0 bridgehead atoms. The van der Waals surface area contributed by atoms with Gasteiger partial charge in [-0.2, -0.15) is 0 Å². The van der Waals surface area contributed by atoms with Gasteiger partial charge in [-0.3, -0.25) is 4.79 Å². The van der Waals surface area contributed by atoms with Crippen LogP contribution in [0.15, 0.2) is 24.5 Å². The van der Waals surface area contributed by atoms with Gasteiger partial charge in [-0.25, -0.2) is 9.97 Å². The van der Waals surface area contributed by atoms with Crippen molar-refractivity contribution in [3.05, 3.63) is 30.1 Å². The van der Waals surface area contributed by atoms with Crippen molar-refractivity contribution in [2.24, 2.45) is 0 Å². The molecule has 5 nitrogen and oxygen atoms in total. The van der Waals surface area contributed by atoms with Gasteiger partial charge in [0, 0.05) is 18.4 Å². The fourth-order valence-electron chi connectivity index (χ4n) is 2.18. The van der Waals surface area contributed by atoms with Gasteiger partial charge in [-0.1, -0.05) is 12.1 Å². The van der Waals surface area contributed by atoms with Gasteiger partial charge >= 0.3 is 5.97 Å². The Labute approximate surface area is 124 Å². The first kappa shape index (κ1) is 15.2. The number of ether oxygens (including phenoxy) is 1. The van der Waals surface area contributed by atoms with Crippen molar-refractivity contribution in [2.75, 3.05) is 11.9 Å². The third-order valence-corrected chi connectivity index (χ3v) is 3.09. The Morgan fingerprint density at radius 3 is 2.90 bits per heavy atom. The molecule has 2 rings (SSSR count). The van der Waals surface area contributed by atoms with E-state index in [9.17, 15) is 4.79 Å². The topological polar surface area (TPSA) is 64.1 Å². The summed E-state index contributed by atoms with van der Waals surface area (Å²) in [5, 5.41) is 4.31. The first-order chi connectivity index (χ1) is 10.1. The minimum atomic E-state index is -0.157. The summed E-state index contributed by atoms with van der Waals surface area (Å²) < 4.78 is 5.10. The summed E-state index contributed by atoms with van der Waals surface area (Å²) in [6.45, 7) is 6.42. The van der Waals surface area contributed by atoms with Crippen LogP contribution in [-0.4, -0.2) is 28.6 Å². The van der Waals surface area contributed by atoms with Crippen LogP contribution in [0.25, 0.3) is 10.9 Å². The van der Waals surface area contributed by atoms with Crippen LogP contribution in [0.5, 0.6) is 0 Å². The average molecular weight is 287 g/mol. The lowest BCUT2D eigenvalue weighted by molar-refractivity contribution is -0.147. The third-order valence-electron chi connectivity index (χ3n) is 3.09. The van der Waals surface area contributed by atoms with Crippen LogP contribution in [0.4, 0.5) is 5.82 Å². The van der Waals surface area contributed by atoms with Crippen LogP contribution in [0, 0.1) is 6.92 Å². The Morgan fingerprint density at radius 1 is 1.33 bits per heavy atom. The number of benzene rings is 1. The molecule has 21 heavy (non-hydrogen) atoms. The molecule has 1 aromatic heterocycles. The number of fused-ring (bicyclic) bond motifs is 1. The van der Waals surface area contributed by atoms with Crippen molar-refractivity contribution in [2.45, 2.75) is 39.7 Å². The number of carbonyl (C=O) groups excluding carboxylic acids is 1. The van der Waals surface area contributed by atoms with E-state index in [1.54, 1.807) is 6.33 Å². The molecule has 1 N–H and O–H groups in total. The van der Waals surface area contributed by atoms with Gasteiger partial charge in [0.1, 0.15) is 12.1 Å². The number of aryl methyl sites for hydroxylation is 1. The highest BCUT2D eigenvalue weighted by atomic mass is 16.5. The highest BCUT2D eigenvalue weighted by Crippen LogP contribution is 2.22. The summed E-state index contributed by atoms with van der Waals surface area (Å²) in [4.78, 5) is 20.0. The number of carbonyl (C=O) groups is 1. The Balaban J connectivity index is 1.94. The molecule has 0 saturated carbocycles. The number of nitrogens with zero attached hydrogens (tertiary/aromatic N) is 2. The Hall–Kier alpha value is -2.17. The predicted octanol–water partition coefficient (Wildman–Crippen LogP) is 3.08. The maximum absolute atomic E-state index is 11.5. The summed E-state index contributed by atoms with van der Waals surface area (Å²) in [5.74, 6) is 0.658. The number of aromatic nitrogens is 2. The molecule has 1 heterocycles. The molecular weight excluding hydrogens is 266 g/mol. The van der Waals surface area contributed by atoms with Crippen LogP contribution in [0.3, 0.4) is 0 Å². The second-order valence-electron chi connectivity index (χ2n) is 5.26. The highest BCUT2D eigenvalue weighted by Gasteiger charge is 2.07. The maximum Gasteiger partial charge on any atom is 0.306 e. The lowest BCUT2D eigenvalue weighted by Crippen LogP contribution is -2.13. The van der Waals surface area contributed by atoms with Crippen molar-refractivity contribution < 1.29 is 9.53 Å². The number of anilines is 1. The third kappa shape index (κ3) is 4.15. The van der Waals surface area contributed by atoms with E-state index in [1.807, 2.05) is 39.0 Å². The molecular formula is C16H21N3O2. The molecule has 0 aliphatic rings. The van der Waals surface area contributed by atoms with Crippen molar-refractivity contribution >= 4 is 22.7 Å². The fraction of sp³-hybridized carbons (Fsp3) is 0.438. The van der Waals surface area contributed by atoms with Gasteiger partial charge < -0.3 is 10.1 Å². The van der Waals surface area contributed by atoms with E-state index in [-0.39, 0.29) is 12.1 Å². The van der Waals surface area contributed by atoms with E-state index in [1.165, 1.54) is 0 Å². The molecule has 0 aliphatic carbocycles. The smallest absolute Gasteiger partial charge is 0.306 e. The van der Waals surface area contributed by atoms with Crippen LogP contribution in [0.1, 0.15) is 32.3 Å². The summed E-state index contributed by atoms with van der Waals surface area (Å²) in [7, 11) is 0. The highest BCUT2D eigenvalue weighted by molar-refractivity contribution is 5.91. The second-order valence-corrected chi connectivity index (χ2v) is 5.26. The molecule has 0 saturated heterocycles. The Morgan fingerprint density at radius 2 is 2.14 bits per heavy atom. The van der Waals surface area contributed by atoms with E-state index in [4.69, 9.17) is 4.74 Å². The van der Waals surface area contributed by atoms with E-state index < -0.39 is 0 Å². The summed E-state index contributed by atoms with van der Waals surface area (Å²) in [6.07, 6.45) is 2.62. The molecule has 0 amide bonds. The van der Waals surface area contributed by atoms with Crippen molar-refractivity contribution in [3.63, 3.8) is 0 Å². The van der Waals surface area contributed by atoms with Gasteiger partial charge in [0.15, 0.2) is 0 Å². The van der Waals surface area contributed by atoms with Crippen molar-refractivity contribution in [3.8, 4) is 0 Å². The van der Waals surface area contributed by atoms with E-state index in [2.05, 4.69) is 15.3 Å². The van der Waals surface area contributed by atoms with Crippen LogP contribution in [-0.2, 0) is 9.53 Å². The van der Waals surface area contributed by atoms with Gasteiger partial charge in [0.2, 0.25) is 0 Å². The monoisotopic (exact) mass is 287 g/mol. The zero-order valence-corrected chi connectivity index (χ0v) is 12.7. The lowest BCUT2D eigenvalue weighted by atomic mass is 10.1. The lowest BCUT2D eigenvalue weighted by Gasteiger charge is -2.10. The fourth-order valence-corrected chi connectivity index (χ4v) is 2.18.